The van der Waals surface area contributed by atoms with Gasteiger partial charge in [-0.3, -0.25) is 4.79 Å². The van der Waals surface area contributed by atoms with Gasteiger partial charge < -0.3 is 10.1 Å². The number of benzene rings is 2. The van der Waals surface area contributed by atoms with Crippen molar-refractivity contribution in [3.8, 4) is 5.75 Å². The van der Waals surface area contributed by atoms with Crippen molar-refractivity contribution in [2.75, 3.05) is 0 Å². The molecule has 4 heteroatoms. The van der Waals surface area contributed by atoms with E-state index in [-0.39, 0.29) is 11.7 Å². The van der Waals surface area contributed by atoms with E-state index in [0.29, 0.717) is 13.0 Å². The number of rotatable bonds is 6. The van der Waals surface area contributed by atoms with E-state index in [4.69, 9.17) is 4.74 Å². The molecule has 1 N–H and O–H groups in total. The highest BCUT2D eigenvalue weighted by atomic mass is 19.1. The molecule has 0 aliphatic carbocycles. The van der Waals surface area contributed by atoms with Gasteiger partial charge in [0, 0.05) is 6.54 Å². The normalized spacial score (nSPS) is 11.8. The fourth-order valence-corrected chi connectivity index (χ4v) is 2.12. The summed E-state index contributed by atoms with van der Waals surface area (Å²) in [7, 11) is 0. The molecule has 3 nitrogen and oxygen atoms in total. The van der Waals surface area contributed by atoms with Gasteiger partial charge in [0.15, 0.2) is 17.7 Å². The van der Waals surface area contributed by atoms with Crippen molar-refractivity contribution in [1.29, 1.82) is 0 Å². The molecule has 0 aromatic heterocycles. The Morgan fingerprint density at radius 3 is 2.55 bits per heavy atom. The standard InChI is InChI=1S/C18H20FNO2/c1-3-16(22-17-11-7-6-10-15(17)19)18(21)20-12-14-9-5-4-8-13(14)2/h4-11,16H,3,12H2,1-2H3,(H,20,21)/t16-/m1/s1. The number of aryl methyl sites for hydroxylation is 1. The van der Waals surface area contributed by atoms with Crippen LogP contribution in [0.3, 0.4) is 0 Å². The molecule has 0 fully saturated rings. The molecule has 2 rings (SSSR count). The molecule has 0 heterocycles. The van der Waals surface area contributed by atoms with E-state index in [0.717, 1.165) is 11.1 Å². The average molecular weight is 301 g/mol. The summed E-state index contributed by atoms with van der Waals surface area (Å²) in [5, 5.41) is 2.84. The van der Waals surface area contributed by atoms with Crippen LogP contribution in [0.5, 0.6) is 5.75 Å². The van der Waals surface area contributed by atoms with Gasteiger partial charge >= 0.3 is 0 Å². The molecule has 0 radical (unpaired) electrons. The van der Waals surface area contributed by atoms with Crippen molar-refractivity contribution in [1.82, 2.24) is 5.32 Å². The van der Waals surface area contributed by atoms with Crippen LogP contribution < -0.4 is 10.1 Å². The highest BCUT2D eigenvalue weighted by molar-refractivity contribution is 5.81. The number of halogens is 1. The highest BCUT2D eigenvalue weighted by Crippen LogP contribution is 2.18. The van der Waals surface area contributed by atoms with Crippen LogP contribution in [0.15, 0.2) is 48.5 Å². The molecule has 116 valence electrons. The second-order valence-corrected chi connectivity index (χ2v) is 5.09. The van der Waals surface area contributed by atoms with Crippen LogP contribution in [0.1, 0.15) is 24.5 Å². The van der Waals surface area contributed by atoms with Gasteiger partial charge in [0.1, 0.15) is 0 Å². The quantitative estimate of drug-likeness (QED) is 0.885. The second kappa shape index (κ2) is 7.59. The number of amides is 1. The lowest BCUT2D eigenvalue weighted by Crippen LogP contribution is -2.37. The summed E-state index contributed by atoms with van der Waals surface area (Å²) in [6.45, 7) is 4.26. The van der Waals surface area contributed by atoms with Gasteiger partial charge in [-0.05, 0) is 36.6 Å². The van der Waals surface area contributed by atoms with Crippen LogP contribution in [-0.2, 0) is 11.3 Å². The number of ether oxygens (including phenoxy) is 1. The molecule has 0 aliphatic rings. The number of nitrogens with one attached hydrogen (secondary N) is 1. The van der Waals surface area contributed by atoms with Crippen molar-refractivity contribution in [3.63, 3.8) is 0 Å². The number of hydrogen-bond donors (Lipinski definition) is 1. The molecule has 0 bridgehead atoms. The molecular weight excluding hydrogens is 281 g/mol. The molecule has 0 saturated heterocycles. The zero-order valence-corrected chi connectivity index (χ0v) is 12.8. The first kappa shape index (κ1) is 16.0. The van der Waals surface area contributed by atoms with Crippen LogP contribution in [0.4, 0.5) is 4.39 Å². The van der Waals surface area contributed by atoms with Gasteiger partial charge in [0.25, 0.3) is 5.91 Å². The summed E-state index contributed by atoms with van der Waals surface area (Å²) in [5.41, 5.74) is 2.17. The zero-order valence-electron chi connectivity index (χ0n) is 12.8. The van der Waals surface area contributed by atoms with Crippen molar-refractivity contribution in [2.45, 2.75) is 32.9 Å². The Balaban J connectivity index is 1.98. The number of para-hydroxylation sites is 1. The van der Waals surface area contributed by atoms with Crippen LogP contribution in [0.2, 0.25) is 0 Å². The van der Waals surface area contributed by atoms with E-state index in [2.05, 4.69) is 5.32 Å². The lowest BCUT2D eigenvalue weighted by atomic mass is 10.1. The Morgan fingerprint density at radius 2 is 1.86 bits per heavy atom. The van der Waals surface area contributed by atoms with Crippen molar-refractivity contribution in [3.05, 3.63) is 65.5 Å². The van der Waals surface area contributed by atoms with Crippen LogP contribution >= 0.6 is 0 Å². The van der Waals surface area contributed by atoms with E-state index < -0.39 is 11.9 Å². The lowest BCUT2D eigenvalue weighted by molar-refractivity contribution is -0.128. The van der Waals surface area contributed by atoms with E-state index in [1.165, 1.54) is 12.1 Å². The lowest BCUT2D eigenvalue weighted by Gasteiger charge is -2.18. The van der Waals surface area contributed by atoms with Gasteiger partial charge in [-0.2, -0.15) is 0 Å². The number of carbonyl (C=O) groups excluding carboxylic acids is 1. The maximum atomic E-state index is 13.6. The average Bonchev–Trinajstić information content (AvgIpc) is 2.53. The summed E-state index contributed by atoms with van der Waals surface area (Å²) in [5.74, 6) is -0.609. The fourth-order valence-electron chi connectivity index (χ4n) is 2.12. The molecular formula is C18H20FNO2. The molecule has 22 heavy (non-hydrogen) atoms. The fraction of sp³-hybridized carbons (Fsp3) is 0.278. The maximum absolute atomic E-state index is 13.6. The minimum Gasteiger partial charge on any atom is -0.478 e. The molecule has 0 unspecified atom stereocenters. The summed E-state index contributed by atoms with van der Waals surface area (Å²) in [6, 6.07) is 13.9. The third-order valence-electron chi connectivity index (χ3n) is 3.48. The Morgan fingerprint density at radius 1 is 1.18 bits per heavy atom. The van der Waals surface area contributed by atoms with Crippen molar-refractivity contribution >= 4 is 5.91 Å². The molecule has 2 aromatic rings. The summed E-state index contributed by atoms with van der Waals surface area (Å²) in [4.78, 5) is 12.2. The molecule has 0 aliphatic heterocycles. The van der Waals surface area contributed by atoms with Gasteiger partial charge in [-0.1, -0.05) is 43.3 Å². The van der Waals surface area contributed by atoms with E-state index >= 15 is 0 Å². The van der Waals surface area contributed by atoms with E-state index in [1.807, 2.05) is 38.1 Å². The van der Waals surface area contributed by atoms with Gasteiger partial charge in [-0.15, -0.1) is 0 Å². The Labute approximate surface area is 130 Å². The maximum Gasteiger partial charge on any atom is 0.261 e. The Bertz CT molecular complexity index is 642. The first-order valence-corrected chi connectivity index (χ1v) is 7.35. The Hall–Kier alpha value is -2.36. The summed E-state index contributed by atoms with van der Waals surface area (Å²) in [6.07, 6.45) is -0.241. The van der Waals surface area contributed by atoms with Gasteiger partial charge in [0.2, 0.25) is 0 Å². The Kier molecular flexibility index (Phi) is 5.53. The third kappa shape index (κ3) is 4.07. The van der Waals surface area contributed by atoms with E-state index in [1.54, 1.807) is 12.1 Å². The summed E-state index contributed by atoms with van der Waals surface area (Å²) >= 11 is 0. The minimum atomic E-state index is -0.707. The SMILES string of the molecule is CC[C@@H](Oc1ccccc1F)C(=O)NCc1ccccc1C. The van der Waals surface area contributed by atoms with Crippen molar-refractivity contribution in [2.24, 2.45) is 0 Å². The topological polar surface area (TPSA) is 38.3 Å². The predicted octanol–water partition coefficient (Wildman–Crippen LogP) is 3.61. The zero-order chi connectivity index (χ0) is 15.9. The number of carbonyl (C=O) groups is 1. The molecule has 1 amide bonds. The minimum absolute atomic E-state index is 0.0976. The first-order chi connectivity index (χ1) is 10.6. The molecule has 2 aromatic carbocycles. The predicted molar refractivity (Wildman–Crippen MR) is 84.1 cm³/mol. The largest absolute Gasteiger partial charge is 0.478 e. The third-order valence-corrected chi connectivity index (χ3v) is 3.48. The van der Waals surface area contributed by atoms with Crippen molar-refractivity contribution < 1.29 is 13.9 Å². The van der Waals surface area contributed by atoms with Crippen LogP contribution in [0.25, 0.3) is 0 Å². The van der Waals surface area contributed by atoms with Gasteiger partial charge in [-0.25, -0.2) is 4.39 Å². The molecule has 0 spiro atoms. The number of hydrogen-bond acceptors (Lipinski definition) is 2. The van der Waals surface area contributed by atoms with Crippen LogP contribution in [-0.4, -0.2) is 12.0 Å². The second-order valence-electron chi connectivity index (χ2n) is 5.09. The molecule has 0 saturated carbocycles. The van der Waals surface area contributed by atoms with E-state index in [9.17, 15) is 9.18 Å². The highest BCUT2D eigenvalue weighted by Gasteiger charge is 2.19. The van der Waals surface area contributed by atoms with Gasteiger partial charge in [0.05, 0.1) is 0 Å². The smallest absolute Gasteiger partial charge is 0.261 e. The van der Waals surface area contributed by atoms with Crippen LogP contribution in [0, 0.1) is 12.7 Å². The summed E-state index contributed by atoms with van der Waals surface area (Å²) < 4.78 is 19.1. The first-order valence-electron chi connectivity index (χ1n) is 7.35. The molecule has 1 atom stereocenters. The monoisotopic (exact) mass is 301 g/mol.